The number of benzene rings is 3. The van der Waals surface area contributed by atoms with Crippen molar-refractivity contribution in [2.24, 2.45) is 0 Å². The monoisotopic (exact) mass is 385 g/mol. The third-order valence-corrected chi connectivity index (χ3v) is 4.08. The summed E-state index contributed by atoms with van der Waals surface area (Å²) in [5.74, 6) is 0.553. The van der Waals surface area contributed by atoms with Crippen LogP contribution in [0.25, 0.3) is 0 Å². The van der Waals surface area contributed by atoms with Gasteiger partial charge in [0.1, 0.15) is 18.2 Å². The van der Waals surface area contributed by atoms with Crippen molar-refractivity contribution in [2.45, 2.75) is 13.2 Å². The fraction of sp³-hybridized carbons (Fsp3) is 0.100. The van der Waals surface area contributed by atoms with Gasteiger partial charge in [0.15, 0.2) is 0 Å². The molecule has 2 nitrogen and oxygen atoms in total. The number of halogens is 2. The third-order valence-electron chi connectivity index (χ3n) is 3.58. The van der Waals surface area contributed by atoms with Crippen LogP contribution in [-0.4, -0.2) is 0 Å². The summed E-state index contributed by atoms with van der Waals surface area (Å²) in [7, 11) is 0. The minimum atomic E-state index is -0.263. The molecule has 0 radical (unpaired) electrons. The van der Waals surface area contributed by atoms with Gasteiger partial charge in [-0.2, -0.15) is 0 Å². The summed E-state index contributed by atoms with van der Waals surface area (Å²) in [5.41, 5.74) is 2.67. The average Bonchev–Trinajstić information content (AvgIpc) is 2.62. The first kappa shape index (κ1) is 16.5. The van der Waals surface area contributed by atoms with E-state index in [1.165, 1.54) is 6.07 Å². The Kier molecular flexibility index (Phi) is 5.49. The van der Waals surface area contributed by atoms with Gasteiger partial charge in [-0.25, -0.2) is 4.39 Å². The van der Waals surface area contributed by atoms with Gasteiger partial charge in [-0.1, -0.05) is 58.4 Å². The van der Waals surface area contributed by atoms with Crippen molar-refractivity contribution in [1.82, 2.24) is 0 Å². The summed E-state index contributed by atoms with van der Waals surface area (Å²) >= 11 is 3.35. The van der Waals surface area contributed by atoms with Crippen LogP contribution in [0.15, 0.2) is 77.3 Å². The van der Waals surface area contributed by atoms with Crippen LogP contribution in [-0.2, 0) is 13.2 Å². The molecule has 0 spiro atoms. The van der Waals surface area contributed by atoms with E-state index in [0.29, 0.717) is 18.8 Å². The average molecular weight is 386 g/mol. The van der Waals surface area contributed by atoms with E-state index in [9.17, 15) is 4.39 Å². The number of anilines is 1. The fourth-order valence-electron chi connectivity index (χ4n) is 2.27. The van der Waals surface area contributed by atoms with Crippen molar-refractivity contribution in [3.8, 4) is 5.75 Å². The van der Waals surface area contributed by atoms with Crippen molar-refractivity contribution in [3.63, 3.8) is 0 Å². The van der Waals surface area contributed by atoms with E-state index in [1.54, 1.807) is 12.1 Å². The zero-order valence-electron chi connectivity index (χ0n) is 13.0. The Labute approximate surface area is 149 Å². The lowest BCUT2D eigenvalue weighted by molar-refractivity contribution is 0.306. The van der Waals surface area contributed by atoms with Crippen LogP contribution < -0.4 is 10.1 Å². The molecule has 0 atom stereocenters. The second kappa shape index (κ2) is 7.97. The second-order valence-corrected chi connectivity index (χ2v) is 6.31. The number of hydrogen-bond acceptors (Lipinski definition) is 2. The summed E-state index contributed by atoms with van der Waals surface area (Å²) in [6, 6.07) is 22.7. The number of rotatable bonds is 6. The molecule has 0 unspecified atom stereocenters. The summed E-state index contributed by atoms with van der Waals surface area (Å²) in [6.07, 6.45) is 0. The van der Waals surface area contributed by atoms with Crippen molar-refractivity contribution >= 4 is 21.6 Å². The molecule has 3 aromatic carbocycles. The largest absolute Gasteiger partial charge is 0.489 e. The van der Waals surface area contributed by atoms with Gasteiger partial charge in [0.25, 0.3) is 0 Å². The highest BCUT2D eigenvalue weighted by atomic mass is 79.9. The molecule has 0 aromatic heterocycles. The molecule has 24 heavy (non-hydrogen) atoms. The van der Waals surface area contributed by atoms with Crippen LogP contribution >= 0.6 is 15.9 Å². The number of nitrogens with one attached hydrogen (secondary N) is 1. The Morgan fingerprint density at radius 3 is 2.38 bits per heavy atom. The Balaban J connectivity index is 1.55. The van der Waals surface area contributed by atoms with E-state index in [2.05, 4.69) is 21.2 Å². The molecule has 0 aliphatic heterocycles. The fourth-order valence-corrected chi connectivity index (χ4v) is 2.64. The third kappa shape index (κ3) is 4.59. The smallest absolute Gasteiger partial charge is 0.146 e. The number of hydrogen-bond donors (Lipinski definition) is 1. The number of ether oxygens (including phenoxy) is 1. The normalized spacial score (nSPS) is 10.4. The molecule has 3 rings (SSSR count). The SMILES string of the molecule is Fc1ccc(Br)cc1NCc1ccc(OCc2ccccc2)cc1. The molecular weight excluding hydrogens is 369 g/mol. The van der Waals surface area contributed by atoms with Crippen LogP contribution in [0.1, 0.15) is 11.1 Å². The summed E-state index contributed by atoms with van der Waals surface area (Å²) in [6.45, 7) is 1.09. The van der Waals surface area contributed by atoms with E-state index < -0.39 is 0 Å². The molecule has 1 N–H and O–H groups in total. The minimum absolute atomic E-state index is 0.263. The molecule has 0 amide bonds. The molecule has 0 saturated heterocycles. The predicted molar refractivity (Wildman–Crippen MR) is 98.6 cm³/mol. The minimum Gasteiger partial charge on any atom is -0.489 e. The maximum Gasteiger partial charge on any atom is 0.146 e. The van der Waals surface area contributed by atoms with Gasteiger partial charge in [-0.05, 0) is 41.5 Å². The van der Waals surface area contributed by atoms with Crippen LogP contribution in [0.2, 0.25) is 0 Å². The summed E-state index contributed by atoms with van der Waals surface area (Å²) in [4.78, 5) is 0. The topological polar surface area (TPSA) is 21.3 Å². The van der Waals surface area contributed by atoms with E-state index in [4.69, 9.17) is 4.74 Å². The predicted octanol–water partition coefficient (Wildman–Crippen LogP) is 5.78. The van der Waals surface area contributed by atoms with E-state index >= 15 is 0 Å². The van der Waals surface area contributed by atoms with Gasteiger partial charge >= 0.3 is 0 Å². The first-order chi connectivity index (χ1) is 11.7. The van der Waals surface area contributed by atoms with E-state index in [1.807, 2.05) is 54.6 Å². The van der Waals surface area contributed by atoms with Crippen LogP contribution in [0.5, 0.6) is 5.75 Å². The van der Waals surface area contributed by atoms with Crippen LogP contribution in [0.4, 0.5) is 10.1 Å². The van der Waals surface area contributed by atoms with Gasteiger partial charge in [-0.15, -0.1) is 0 Å². The van der Waals surface area contributed by atoms with Crippen molar-refractivity contribution in [3.05, 3.63) is 94.2 Å². The Morgan fingerprint density at radius 1 is 0.875 bits per heavy atom. The molecular formula is C20H17BrFNO. The molecule has 0 bridgehead atoms. The van der Waals surface area contributed by atoms with Gasteiger partial charge in [0, 0.05) is 11.0 Å². The van der Waals surface area contributed by atoms with Crippen LogP contribution in [0, 0.1) is 5.82 Å². The molecule has 122 valence electrons. The molecule has 0 aliphatic carbocycles. The molecule has 0 fully saturated rings. The first-order valence-electron chi connectivity index (χ1n) is 7.65. The molecule has 0 saturated carbocycles. The maximum absolute atomic E-state index is 13.7. The van der Waals surface area contributed by atoms with Gasteiger partial charge in [0.2, 0.25) is 0 Å². The lowest BCUT2D eigenvalue weighted by atomic mass is 10.2. The van der Waals surface area contributed by atoms with Crippen molar-refractivity contribution < 1.29 is 9.13 Å². The highest BCUT2D eigenvalue weighted by molar-refractivity contribution is 9.10. The standard InChI is InChI=1S/C20H17BrFNO/c21-17-8-11-19(22)20(12-17)23-13-15-6-9-18(10-7-15)24-14-16-4-2-1-3-5-16/h1-12,23H,13-14H2. The van der Waals surface area contributed by atoms with Gasteiger partial charge < -0.3 is 10.1 Å². The van der Waals surface area contributed by atoms with Crippen molar-refractivity contribution in [2.75, 3.05) is 5.32 Å². The molecule has 4 heteroatoms. The Bertz CT molecular complexity index is 790. The highest BCUT2D eigenvalue weighted by Gasteiger charge is 2.03. The summed E-state index contributed by atoms with van der Waals surface area (Å²) < 4.78 is 20.3. The second-order valence-electron chi connectivity index (χ2n) is 5.40. The molecule has 0 aliphatic rings. The van der Waals surface area contributed by atoms with Gasteiger partial charge in [-0.3, -0.25) is 0 Å². The lowest BCUT2D eigenvalue weighted by Gasteiger charge is -2.10. The Hall–Kier alpha value is -2.33. The zero-order chi connectivity index (χ0) is 16.8. The van der Waals surface area contributed by atoms with Crippen molar-refractivity contribution in [1.29, 1.82) is 0 Å². The highest BCUT2D eigenvalue weighted by Crippen LogP contribution is 2.21. The van der Waals surface area contributed by atoms with Crippen LogP contribution in [0.3, 0.4) is 0 Å². The zero-order valence-corrected chi connectivity index (χ0v) is 14.6. The van der Waals surface area contributed by atoms with E-state index in [0.717, 1.165) is 21.3 Å². The summed E-state index contributed by atoms with van der Waals surface area (Å²) in [5, 5.41) is 3.10. The van der Waals surface area contributed by atoms with Gasteiger partial charge in [0.05, 0.1) is 5.69 Å². The van der Waals surface area contributed by atoms with E-state index in [-0.39, 0.29) is 5.82 Å². The molecule has 0 heterocycles. The maximum atomic E-state index is 13.7. The molecule has 3 aromatic rings. The first-order valence-corrected chi connectivity index (χ1v) is 8.44. The quantitative estimate of drug-likeness (QED) is 0.580. The Morgan fingerprint density at radius 2 is 1.62 bits per heavy atom. The lowest BCUT2D eigenvalue weighted by Crippen LogP contribution is -2.01.